The van der Waals surface area contributed by atoms with Crippen LogP contribution in [-0.2, 0) is 5.41 Å². The lowest BCUT2D eigenvalue weighted by molar-refractivity contribution is 0.0697. The zero-order chi connectivity index (χ0) is 22.3. The molecule has 0 saturated heterocycles. The van der Waals surface area contributed by atoms with Gasteiger partial charge in [-0.25, -0.2) is 4.79 Å². The Morgan fingerprint density at radius 3 is 2.30 bits per heavy atom. The van der Waals surface area contributed by atoms with E-state index in [1.165, 1.54) is 22.4 Å². The predicted octanol–water partition coefficient (Wildman–Crippen LogP) is 6.41. The summed E-state index contributed by atoms with van der Waals surface area (Å²) in [5.74, 6) is -0.918. The molecule has 0 spiro atoms. The van der Waals surface area contributed by atoms with Gasteiger partial charge in [0.15, 0.2) is 0 Å². The van der Waals surface area contributed by atoms with Crippen molar-refractivity contribution in [2.75, 3.05) is 6.54 Å². The first-order valence-corrected chi connectivity index (χ1v) is 10.5. The van der Waals surface area contributed by atoms with Crippen molar-refractivity contribution in [1.29, 1.82) is 0 Å². The molecule has 0 aromatic heterocycles. The molecule has 2 aromatic carbocycles. The van der Waals surface area contributed by atoms with Gasteiger partial charge in [-0.05, 0) is 70.2 Å². The van der Waals surface area contributed by atoms with E-state index in [1.54, 1.807) is 12.1 Å². The van der Waals surface area contributed by atoms with Crippen LogP contribution in [0.15, 0.2) is 49.1 Å². The van der Waals surface area contributed by atoms with Gasteiger partial charge < -0.3 is 10.4 Å². The van der Waals surface area contributed by atoms with E-state index in [9.17, 15) is 4.79 Å². The molecule has 2 N–H and O–H groups in total. The first kappa shape index (κ1) is 21.9. The summed E-state index contributed by atoms with van der Waals surface area (Å²) in [5, 5.41) is 12.8. The number of hydrogen-bond donors (Lipinski definition) is 2. The minimum Gasteiger partial charge on any atom is -0.478 e. The van der Waals surface area contributed by atoms with Crippen LogP contribution in [0, 0.1) is 12.3 Å². The quantitative estimate of drug-likeness (QED) is 0.606. The molecular formula is C27H33NO2. The molecule has 0 amide bonds. The molecule has 3 heteroatoms. The molecular weight excluding hydrogens is 370 g/mol. The summed E-state index contributed by atoms with van der Waals surface area (Å²) in [7, 11) is 0. The molecule has 0 heterocycles. The number of benzene rings is 2. The molecule has 0 saturated carbocycles. The maximum atomic E-state index is 11.2. The van der Waals surface area contributed by atoms with Gasteiger partial charge in [0.1, 0.15) is 0 Å². The van der Waals surface area contributed by atoms with Crippen molar-refractivity contribution in [3.63, 3.8) is 0 Å². The number of carboxylic acids is 1. The average Bonchev–Trinajstić information content (AvgIpc) is 2.66. The molecule has 1 aliphatic carbocycles. The molecule has 30 heavy (non-hydrogen) atoms. The number of aromatic carboxylic acids is 1. The van der Waals surface area contributed by atoms with Crippen molar-refractivity contribution in [3.8, 4) is 0 Å². The van der Waals surface area contributed by atoms with E-state index in [-0.39, 0.29) is 16.4 Å². The van der Waals surface area contributed by atoms with Gasteiger partial charge in [0.05, 0.1) is 5.56 Å². The number of allylic oxidation sites excluding steroid dienone is 1. The molecule has 3 nitrogen and oxygen atoms in total. The number of carboxylic acid groups (broad SMARTS) is 1. The second kappa shape index (κ2) is 7.79. The Hall–Kier alpha value is -2.81. The van der Waals surface area contributed by atoms with Crippen LogP contribution >= 0.6 is 0 Å². The number of aryl methyl sites for hydroxylation is 1. The Kier molecular flexibility index (Phi) is 5.68. The Morgan fingerprint density at radius 2 is 1.73 bits per heavy atom. The maximum Gasteiger partial charge on any atom is 0.335 e. The zero-order valence-corrected chi connectivity index (χ0v) is 19.0. The van der Waals surface area contributed by atoms with Crippen molar-refractivity contribution < 1.29 is 9.90 Å². The second-order valence-corrected chi connectivity index (χ2v) is 10.2. The number of hydrogen-bond acceptors (Lipinski definition) is 2. The Bertz CT molecular complexity index is 1020. The van der Waals surface area contributed by atoms with E-state index >= 15 is 0 Å². The minimum absolute atomic E-state index is 0.0794. The Morgan fingerprint density at radius 1 is 1.13 bits per heavy atom. The summed E-state index contributed by atoms with van der Waals surface area (Å²) in [4.78, 5) is 11.2. The number of carbonyl (C=O) groups is 1. The van der Waals surface area contributed by atoms with E-state index < -0.39 is 5.97 Å². The molecule has 3 rings (SSSR count). The topological polar surface area (TPSA) is 49.3 Å². The normalized spacial score (nSPS) is 15.2. The first-order valence-electron chi connectivity index (χ1n) is 10.5. The summed E-state index contributed by atoms with van der Waals surface area (Å²) >= 11 is 0. The number of fused-ring (bicyclic) bond motifs is 1. The van der Waals surface area contributed by atoms with Gasteiger partial charge in [0, 0.05) is 17.8 Å². The molecule has 0 fully saturated rings. The van der Waals surface area contributed by atoms with E-state index in [1.807, 2.05) is 12.1 Å². The molecule has 0 atom stereocenters. The Balaban J connectivity index is 2.03. The Labute approximate surface area is 180 Å². The van der Waals surface area contributed by atoms with Crippen molar-refractivity contribution >= 4 is 17.2 Å². The van der Waals surface area contributed by atoms with Gasteiger partial charge >= 0.3 is 5.97 Å². The second-order valence-electron chi connectivity index (χ2n) is 10.2. The van der Waals surface area contributed by atoms with Crippen molar-refractivity contribution in [3.05, 3.63) is 82.4 Å². The monoisotopic (exact) mass is 403 g/mol. The lowest BCUT2D eigenvalue weighted by Crippen LogP contribution is -2.30. The third-order valence-corrected chi connectivity index (χ3v) is 5.81. The highest BCUT2D eigenvalue weighted by atomic mass is 16.4. The van der Waals surface area contributed by atoms with Gasteiger partial charge in [-0.1, -0.05) is 65.5 Å². The molecule has 0 unspecified atom stereocenters. The van der Waals surface area contributed by atoms with Crippen LogP contribution in [0.3, 0.4) is 0 Å². The molecule has 0 bridgehead atoms. The SMILES string of the molecule is C=C(c1ccc(C(=O)O)cc1)c1cc2c(cc1C)C(C)(C)CC=C2NCC(C)(C)C. The van der Waals surface area contributed by atoms with E-state index in [0.29, 0.717) is 0 Å². The fraction of sp³-hybridized carbons (Fsp3) is 0.370. The summed E-state index contributed by atoms with van der Waals surface area (Å²) in [5.41, 5.74) is 8.46. The van der Waals surface area contributed by atoms with Crippen molar-refractivity contribution in [2.24, 2.45) is 5.41 Å². The van der Waals surface area contributed by atoms with E-state index in [2.05, 4.69) is 71.6 Å². The highest BCUT2D eigenvalue weighted by molar-refractivity contribution is 5.89. The third-order valence-electron chi connectivity index (χ3n) is 5.81. The molecule has 0 aliphatic heterocycles. The van der Waals surface area contributed by atoms with Crippen LogP contribution in [0.25, 0.3) is 11.3 Å². The highest BCUT2D eigenvalue weighted by Crippen LogP contribution is 2.41. The first-order chi connectivity index (χ1) is 13.9. The fourth-order valence-corrected chi connectivity index (χ4v) is 3.89. The van der Waals surface area contributed by atoms with Crippen LogP contribution in [0.2, 0.25) is 0 Å². The van der Waals surface area contributed by atoms with Crippen LogP contribution in [-0.4, -0.2) is 17.6 Å². The summed E-state index contributed by atoms with van der Waals surface area (Å²) in [6.07, 6.45) is 3.32. The molecule has 1 aliphatic rings. The van der Waals surface area contributed by atoms with E-state index in [0.717, 1.165) is 29.7 Å². The lowest BCUT2D eigenvalue weighted by atomic mass is 9.73. The summed E-state index contributed by atoms with van der Waals surface area (Å²) in [6.45, 7) is 18.7. The summed E-state index contributed by atoms with van der Waals surface area (Å²) < 4.78 is 0. The van der Waals surface area contributed by atoms with Crippen LogP contribution in [0.5, 0.6) is 0 Å². The van der Waals surface area contributed by atoms with Crippen LogP contribution < -0.4 is 5.32 Å². The minimum atomic E-state index is -0.918. The predicted molar refractivity (Wildman–Crippen MR) is 126 cm³/mol. The standard InChI is InChI=1S/C27H33NO2/c1-17-14-23-22(24(12-13-27(23,6)7)28-16-26(3,4)5)15-21(17)18(2)19-8-10-20(11-9-19)25(29)30/h8-12,14-15,28H,2,13,16H2,1,3-7H3,(H,29,30). The molecule has 2 aromatic rings. The molecule has 0 radical (unpaired) electrons. The van der Waals surface area contributed by atoms with Crippen molar-refractivity contribution in [2.45, 2.75) is 53.4 Å². The lowest BCUT2D eigenvalue weighted by Gasteiger charge is -2.34. The van der Waals surface area contributed by atoms with Gasteiger partial charge in [-0.15, -0.1) is 0 Å². The maximum absolute atomic E-state index is 11.2. The zero-order valence-electron chi connectivity index (χ0n) is 19.0. The number of nitrogens with one attached hydrogen (secondary N) is 1. The van der Waals surface area contributed by atoms with Crippen LogP contribution in [0.1, 0.15) is 79.2 Å². The average molecular weight is 404 g/mol. The smallest absolute Gasteiger partial charge is 0.335 e. The van der Waals surface area contributed by atoms with Crippen LogP contribution in [0.4, 0.5) is 0 Å². The largest absolute Gasteiger partial charge is 0.478 e. The third kappa shape index (κ3) is 4.51. The van der Waals surface area contributed by atoms with Crippen molar-refractivity contribution in [1.82, 2.24) is 5.32 Å². The fourth-order valence-electron chi connectivity index (χ4n) is 3.89. The van der Waals surface area contributed by atoms with Gasteiger partial charge in [0.25, 0.3) is 0 Å². The molecule has 158 valence electrons. The summed E-state index contributed by atoms with van der Waals surface area (Å²) in [6, 6.07) is 11.5. The van der Waals surface area contributed by atoms with E-state index in [4.69, 9.17) is 5.11 Å². The van der Waals surface area contributed by atoms with Gasteiger partial charge in [-0.2, -0.15) is 0 Å². The van der Waals surface area contributed by atoms with Gasteiger partial charge in [-0.3, -0.25) is 0 Å². The van der Waals surface area contributed by atoms with Gasteiger partial charge in [0.2, 0.25) is 0 Å². The highest BCUT2D eigenvalue weighted by Gasteiger charge is 2.29. The number of rotatable bonds is 5.